The molecule has 0 spiro atoms. The number of nitrogens with two attached hydrogens (primary N) is 1. The zero-order valence-electron chi connectivity index (χ0n) is 16.1. The molecule has 28 heavy (non-hydrogen) atoms. The van der Waals surface area contributed by atoms with Crippen LogP contribution in [0.3, 0.4) is 0 Å². The molecular formula is C20H24FN3O4. The molecule has 2 amide bonds. The maximum Gasteiger partial charge on any atom is 0.255 e. The number of fused-ring (bicyclic) bond motifs is 1. The minimum atomic E-state index is -1.52. The number of halogens is 1. The predicted octanol–water partition coefficient (Wildman–Crippen LogP) is 2.36. The highest BCUT2D eigenvalue weighted by Crippen LogP contribution is 2.32. The SMILES string of the molecule is CC[C@H]1[C@@H](COc2nccc3cc(C(N)=O)c(OC(C)C)cc23)NC(=O)[C@@H]1F. The molecule has 1 aromatic heterocycles. The number of rotatable bonds is 7. The Morgan fingerprint density at radius 2 is 2.14 bits per heavy atom. The van der Waals surface area contributed by atoms with Gasteiger partial charge in [-0.05, 0) is 43.9 Å². The largest absolute Gasteiger partial charge is 0.490 e. The first kappa shape index (κ1) is 19.9. The highest BCUT2D eigenvalue weighted by Gasteiger charge is 2.41. The number of aromatic nitrogens is 1. The van der Waals surface area contributed by atoms with Gasteiger partial charge < -0.3 is 20.5 Å². The molecule has 150 valence electrons. The van der Waals surface area contributed by atoms with E-state index in [9.17, 15) is 14.0 Å². The van der Waals surface area contributed by atoms with E-state index in [1.807, 2.05) is 20.8 Å². The van der Waals surface area contributed by atoms with E-state index in [2.05, 4.69) is 10.3 Å². The summed E-state index contributed by atoms with van der Waals surface area (Å²) in [5, 5.41) is 3.98. The summed E-state index contributed by atoms with van der Waals surface area (Å²) in [6.07, 6.45) is 0.388. The van der Waals surface area contributed by atoms with Crippen molar-refractivity contribution >= 4 is 22.6 Å². The summed E-state index contributed by atoms with van der Waals surface area (Å²) in [5.74, 6) is -0.982. The molecule has 3 rings (SSSR count). The Balaban J connectivity index is 1.91. The third kappa shape index (κ3) is 3.85. The number of nitrogens with zero attached hydrogens (tertiary/aromatic N) is 1. The van der Waals surface area contributed by atoms with Crippen LogP contribution in [0, 0.1) is 5.92 Å². The van der Waals surface area contributed by atoms with Gasteiger partial charge in [0.1, 0.15) is 12.4 Å². The van der Waals surface area contributed by atoms with E-state index in [1.54, 1.807) is 24.4 Å². The van der Waals surface area contributed by atoms with E-state index >= 15 is 0 Å². The first-order valence-electron chi connectivity index (χ1n) is 9.28. The van der Waals surface area contributed by atoms with Gasteiger partial charge in [-0.1, -0.05) is 6.92 Å². The van der Waals surface area contributed by atoms with Crippen molar-refractivity contribution < 1.29 is 23.5 Å². The van der Waals surface area contributed by atoms with E-state index in [-0.39, 0.29) is 18.3 Å². The second-order valence-electron chi connectivity index (χ2n) is 7.12. The average Bonchev–Trinajstić information content (AvgIpc) is 2.92. The van der Waals surface area contributed by atoms with Crippen molar-refractivity contribution in [3.8, 4) is 11.6 Å². The van der Waals surface area contributed by atoms with Gasteiger partial charge in [-0.2, -0.15) is 0 Å². The van der Waals surface area contributed by atoms with Gasteiger partial charge in [0.25, 0.3) is 11.8 Å². The van der Waals surface area contributed by atoms with Gasteiger partial charge in [-0.15, -0.1) is 0 Å². The maximum absolute atomic E-state index is 14.0. The molecule has 2 heterocycles. The van der Waals surface area contributed by atoms with Gasteiger partial charge in [0, 0.05) is 17.5 Å². The van der Waals surface area contributed by atoms with Crippen molar-refractivity contribution in [3.63, 3.8) is 0 Å². The summed E-state index contributed by atoms with van der Waals surface area (Å²) in [5.41, 5.74) is 5.75. The molecule has 1 fully saturated rings. The zero-order valence-corrected chi connectivity index (χ0v) is 16.1. The van der Waals surface area contributed by atoms with Gasteiger partial charge in [-0.3, -0.25) is 9.59 Å². The van der Waals surface area contributed by atoms with E-state index in [0.717, 1.165) is 0 Å². The summed E-state index contributed by atoms with van der Waals surface area (Å²) >= 11 is 0. The number of hydrogen-bond donors (Lipinski definition) is 2. The smallest absolute Gasteiger partial charge is 0.255 e. The van der Waals surface area contributed by atoms with E-state index in [0.29, 0.717) is 28.8 Å². The van der Waals surface area contributed by atoms with Crippen molar-refractivity contribution in [3.05, 3.63) is 30.0 Å². The molecular weight excluding hydrogens is 365 g/mol. The second kappa shape index (κ2) is 8.00. The van der Waals surface area contributed by atoms with Crippen LogP contribution in [0.15, 0.2) is 24.4 Å². The predicted molar refractivity (Wildman–Crippen MR) is 102 cm³/mol. The maximum atomic E-state index is 14.0. The summed E-state index contributed by atoms with van der Waals surface area (Å²) in [6.45, 7) is 5.61. The van der Waals surface area contributed by atoms with Gasteiger partial charge in [-0.25, -0.2) is 9.37 Å². The number of primary amides is 1. The summed E-state index contributed by atoms with van der Waals surface area (Å²) in [7, 11) is 0. The van der Waals surface area contributed by atoms with Crippen molar-refractivity contribution in [1.82, 2.24) is 10.3 Å². The average molecular weight is 389 g/mol. The summed E-state index contributed by atoms with van der Waals surface area (Å²) in [4.78, 5) is 27.6. The fourth-order valence-corrected chi connectivity index (χ4v) is 3.43. The van der Waals surface area contributed by atoms with Crippen LogP contribution in [0.4, 0.5) is 4.39 Å². The second-order valence-corrected chi connectivity index (χ2v) is 7.12. The number of hydrogen-bond acceptors (Lipinski definition) is 5. The number of carbonyl (C=O) groups excluding carboxylic acids is 2. The molecule has 0 radical (unpaired) electrons. The topological polar surface area (TPSA) is 104 Å². The molecule has 7 nitrogen and oxygen atoms in total. The standard InChI is InChI=1S/C20H24FN3O4/c1-4-12-15(24-19(26)17(12)21)9-27-20-13-8-16(28-10(2)3)14(18(22)25)7-11(13)5-6-23-20/h5-8,10,12,15,17H,4,9H2,1-3H3,(H2,22,25)(H,24,26)/t12-,15+,17+/m0/s1. The Labute approximate surface area is 162 Å². The highest BCUT2D eigenvalue weighted by molar-refractivity contribution is 6.01. The van der Waals surface area contributed by atoms with Gasteiger partial charge in [0.15, 0.2) is 6.17 Å². The lowest BCUT2D eigenvalue weighted by Gasteiger charge is -2.19. The van der Waals surface area contributed by atoms with Crippen LogP contribution < -0.4 is 20.5 Å². The molecule has 0 saturated carbocycles. The van der Waals surface area contributed by atoms with Crippen LogP contribution >= 0.6 is 0 Å². The number of amides is 2. The number of nitrogens with one attached hydrogen (secondary N) is 1. The third-order valence-electron chi connectivity index (χ3n) is 4.80. The number of benzene rings is 1. The minimum Gasteiger partial charge on any atom is -0.490 e. The van der Waals surface area contributed by atoms with Crippen LogP contribution in [0.2, 0.25) is 0 Å². The molecule has 1 saturated heterocycles. The first-order chi connectivity index (χ1) is 13.3. The fourth-order valence-electron chi connectivity index (χ4n) is 3.43. The lowest BCUT2D eigenvalue weighted by atomic mass is 9.97. The summed E-state index contributed by atoms with van der Waals surface area (Å²) < 4.78 is 25.5. The normalized spacial score (nSPS) is 21.8. The lowest BCUT2D eigenvalue weighted by Crippen LogP contribution is -2.34. The zero-order chi connectivity index (χ0) is 20.4. The Bertz CT molecular complexity index is 902. The lowest BCUT2D eigenvalue weighted by molar-refractivity contribution is -0.123. The fraction of sp³-hybridized carbons (Fsp3) is 0.450. The van der Waals surface area contributed by atoms with Crippen LogP contribution in [-0.4, -0.2) is 41.7 Å². The Morgan fingerprint density at radius 1 is 1.39 bits per heavy atom. The van der Waals surface area contributed by atoms with Crippen molar-refractivity contribution in [2.45, 2.75) is 45.5 Å². The van der Waals surface area contributed by atoms with Crippen LogP contribution in [0.5, 0.6) is 11.6 Å². The van der Waals surface area contributed by atoms with Gasteiger partial charge in [0.05, 0.1) is 17.7 Å². The van der Waals surface area contributed by atoms with Crippen molar-refractivity contribution in [1.29, 1.82) is 0 Å². The Hall–Kier alpha value is -2.90. The molecule has 0 bridgehead atoms. The molecule has 1 aliphatic heterocycles. The third-order valence-corrected chi connectivity index (χ3v) is 4.80. The number of ether oxygens (including phenoxy) is 2. The van der Waals surface area contributed by atoms with Crippen LogP contribution in [0.25, 0.3) is 10.8 Å². The number of pyridine rings is 1. The van der Waals surface area contributed by atoms with Gasteiger partial charge >= 0.3 is 0 Å². The van der Waals surface area contributed by atoms with E-state index in [1.165, 1.54) is 0 Å². The molecule has 1 aliphatic rings. The molecule has 1 aromatic carbocycles. The molecule has 3 atom stereocenters. The molecule has 0 unspecified atom stereocenters. The molecule has 2 aromatic rings. The quantitative estimate of drug-likeness (QED) is 0.757. The van der Waals surface area contributed by atoms with Gasteiger partial charge in [0.2, 0.25) is 5.88 Å². The van der Waals surface area contributed by atoms with Crippen molar-refractivity contribution in [2.24, 2.45) is 11.7 Å². The number of alkyl halides is 1. The minimum absolute atomic E-state index is 0.0920. The molecule has 8 heteroatoms. The van der Waals surface area contributed by atoms with Crippen molar-refractivity contribution in [2.75, 3.05) is 6.61 Å². The van der Waals surface area contributed by atoms with E-state index in [4.69, 9.17) is 15.2 Å². The molecule has 0 aliphatic carbocycles. The Morgan fingerprint density at radius 3 is 2.79 bits per heavy atom. The Kier molecular flexibility index (Phi) is 5.67. The monoisotopic (exact) mass is 389 g/mol. The van der Waals surface area contributed by atoms with Crippen LogP contribution in [0.1, 0.15) is 37.6 Å². The molecule has 3 N–H and O–H groups in total. The van der Waals surface area contributed by atoms with E-state index < -0.39 is 29.9 Å². The van der Waals surface area contributed by atoms with Crippen LogP contribution in [-0.2, 0) is 4.79 Å². The number of carbonyl (C=O) groups is 2. The highest BCUT2D eigenvalue weighted by atomic mass is 19.1. The first-order valence-corrected chi connectivity index (χ1v) is 9.28. The summed E-state index contributed by atoms with van der Waals surface area (Å²) in [6, 6.07) is 4.60.